The summed E-state index contributed by atoms with van der Waals surface area (Å²) in [5.41, 5.74) is 2.05. The van der Waals surface area contributed by atoms with Crippen molar-refractivity contribution in [2.75, 3.05) is 36.0 Å². The second-order valence-electron chi connectivity index (χ2n) is 7.10. The number of hydrogen-bond donors (Lipinski definition) is 0. The van der Waals surface area contributed by atoms with Crippen molar-refractivity contribution in [2.45, 2.75) is 26.8 Å². The van der Waals surface area contributed by atoms with Crippen molar-refractivity contribution in [3.63, 3.8) is 0 Å². The van der Waals surface area contributed by atoms with Gasteiger partial charge in [-0.05, 0) is 45.0 Å². The summed E-state index contributed by atoms with van der Waals surface area (Å²) in [5, 5.41) is 8.61. The fourth-order valence-electron chi connectivity index (χ4n) is 3.64. The maximum atomic E-state index is 4.55. The molecular formula is C20H25N7. The summed E-state index contributed by atoms with van der Waals surface area (Å²) in [7, 11) is 0. The summed E-state index contributed by atoms with van der Waals surface area (Å²) >= 11 is 0. The second-order valence-corrected chi connectivity index (χ2v) is 7.10. The fraction of sp³-hybridized carbons (Fsp3) is 0.400. The maximum Gasteiger partial charge on any atom is 0.182 e. The maximum absolute atomic E-state index is 4.55. The highest BCUT2D eigenvalue weighted by atomic mass is 15.3. The third-order valence-corrected chi connectivity index (χ3v) is 4.97. The Balaban J connectivity index is 1.53. The largest absolute Gasteiger partial charge is 0.368 e. The first-order valence-corrected chi connectivity index (χ1v) is 9.42. The number of pyridine rings is 2. The molecule has 0 N–H and O–H groups in total. The van der Waals surface area contributed by atoms with Gasteiger partial charge in [0.15, 0.2) is 5.82 Å². The number of hydrogen-bond acceptors (Lipinski definition) is 6. The molecule has 0 radical (unpaired) electrons. The first-order chi connectivity index (χ1) is 13.1. The summed E-state index contributed by atoms with van der Waals surface area (Å²) in [4.78, 5) is 13.7. The zero-order chi connectivity index (χ0) is 18.8. The van der Waals surface area contributed by atoms with Gasteiger partial charge in [-0.3, -0.25) is 4.98 Å². The van der Waals surface area contributed by atoms with Crippen LogP contribution in [0.5, 0.6) is 0 Å². The molecule has 1 fully saturated rings. The number of aryl methyl sites for hydroxylation is 1. The number of nitrogens with zero attached hydrogens (tertiary/aromatic N) is 7. The molecule has 0 aliphatic carbocycles. The van der Waals surface area contributed by atoms with E-state index in [1.54, 1.807) is 0 Å². The molecule has 1 aliphatic heterocycles. The third kappa shape index (κ3) is 3.49. The van der Waals surface area contributed by atoms with Crippen LogP contribution in [0.15, 0.2) is 42.7 Å². The summed E-state index contributed by atoms with van der Waals surface area (Å²) in [6, 6.07) is 10.6. The van der Waals surface area contributed by atoms with Gasteiger partial charge in [0.05, 0.1) is 0 Å². The van der Waals surface area contributed by atoms with E-state index in [-0.39, 0.29) is 0 Å². The SMILES string of the molecule is Cc1nnc(-c2cc(N3CCN(c4ccccn4)CC3)ccn2)n1C(C)C. The molecular weight excluding hydrogens is 338 g/mol. The summed E-state index contributed by atoms with van der Waals surface area (Å²) < 4.78 is 2.13. The van der Waals surface area contributed by atoms with Crippen LogP contribution in [0.3, 0.4) is 0 Å². The highest BCUT2D eigenvalue weighted by Gasteiger charge is 2.20. The highest BCUT2D eigenvalue weighted by Crippen LogP contribution is 2.25. The van der Waals surface area contributed by atoms with Crippen molar-refractivity contribution in [3.05, 3.63) is 48.5 Å². The molecule has 27 heavy (non-hydrogen) atoms. The molecule has 3 aromatic heterocycles. The lowest BCUT2D eigenvalue weighted by Crippen LogP contribution is -2.46. The molecule has 0 saturated carbocycles. The van der Waals surface area contributed by atoms with E-state index in [0.29, 0.717) is 6.04 Å². The van der Waals surface area contributed by atoms with Crippen molar-refractivity contribution in [1.82, 2.24) is 24.7 Å². The molecule has 0 bridgehead atoms. The van der Waals surface area contributed by atoms with Crippen LogP contribution in [0, 0.1) is 6.92 Å². The first kappa shape index (κ1) is 17.5. The van der Waals surface area contributed by atoms with Crippen LogP contribution in [0.25, 0.3) is 11.5 Å². The van der Waals surface area contributed by atoms with Crippen LogP contribution >= 0.6 is 0 Å². The van der Waals surface area contributed by atoms with E-state index in [9.17, 15) is 0 Å². The Morgan fingerprint density at radius 3 is 2.37 bits per heavy atom. The van der Waals surface area contributed by atoms with E-state index in [1.165, 1.54) is 5.69 Å². The molecule has 1 saturated heterocycles. The van der Waals surface area contributed by atoms with Gasteiger partial charge in [-0.2, -0.15) is 0 Å². The van der Waals surface area contributed by atoms with Gasteiger partial charge in [0.2, 0.25) is 0 Å². The summed E-state index contributed by atoms with van der Waals surface area (Å²) in [6.07, 6.45) is 3.72. The molecule has 0 spiro atoms. The average molecular weight is 363 g/mol. The zero-order valence-corrected chi connectivity index (χ0v) is 16.1. The van der Waals surface area contributed by atoms with Crippen molar-refractivity contribution >= 4 is 11.5 Å². The minimum absolute atomic E-state index is 0.294. The first-order valence-electron chi connectivity index (χ1n) is 9.42. The molecule has 7 heteroatoms. The Morgan fingerprint density at radius 1 is 0.889 bits per heavy atom. The Hall–Kier alpha value is -2.96. The van der Waals surface area contributed by atoms with Gasteiger partial charge >= 0.3 is 0 Å². The minimum atomic E-state index is 0.294. The molecule has 1 aliphatic rings. The number of piperazine rings is 1. The summed E-state index contributed by atoms with van der Waals surface area (Å²) in [5.74, 6) is 2.79. The highest BCUT2D eigenvalue weighted by molar-refractivity contribution is 5.60. The van der Waals surface area contributed by atoms with E-state index in [2.05, 4.69) is 66.6 Å². The third-order valence-electron chi connectivity index (χ3n) is 4.97. The van der Waals surface area contributed by atoms with Crippen LogP contribution in [0.2, 0.25) is 0 Å². The predicted octanol–water partition coefficient (Wildman–Crippen LogP) is 2.95. The van der Waals surface area contributed by atoms with Crippen molar-refractivity contribution in [3.8, 4) is 11.5 Å². The van der Waals surface area contributed by atoms with Gasteiger partial charge in [0.1, 0.15) is 17.3 Å². The van der Waals surface area contributed by atoms with Gasteiger partial charge < -0.3 is 14.4 Å². The fourth-order valence-corrected chi connectivity index (χ4v) is 3.64. The Labute approximate surface area is 159 Å². The van der Waals surface area contributed by atoms with Gasteiger partial charge in [0, 0.05) is 50.3 Å². The Kier molecular flexibility index (Phi) is 4.75. The molecule has 0 aromatic carbocycles. The van der Waals surface area contributed by atoms with E-state index >= 15 is 0 Å². The molecule has 0 atom stereocenters. The van der Waals surface area contributed by atoms with Crippen LogP contribution in [0.4, 0.5) is 11.5 Å². The van der Waals surface area contributed by atoms with Gasteiger partial charge in [-0.25, -0.2) is 4.98 Å². The lowest BCUT2D eigenvalue weighted by Gasteiger charge is -2.36. The number of rotatable bonds is 4. The lowest BCUT2D eigenvalue weighted by atomic mass is 10.2. The van der Waals surface area contributed by atoms with Crippen molar-refractivity contribution in [2.24, 2.45) is 0 Å². The van der Waals surface area contributed by atoms with Crippen LogP contribution < -0.4 is 9.80 Å². The molecule has 4 heterocycles. The predicted molar refractivity (Wildman–Crippen MR) is 107 cm³/mol. The van der Waals surface area contributed by atoms with E-state index in [0.717, 1.165) is 49.3 Å². The second kappa shape index (κ2) is 7.34. The van der Waals surface area contributed by atoms with Gasteiger partial charge in [0.25, 0.3) is 0 Å². The Bertz CT molecular complexity index is 896. The van der Waals surface area contributed by atoms with Gasteiger partial charge in [-0.15, -0.1) is 10.2 Å². The minimum Gasteiger partial charge on any atom is -0.368 e. The van der Waals surface area contributed by atoms with Crippen LogP contribution in [0.1, 0.15) is 25.7 Å². The van der Waals surface area contributed by atoms with E-state index in [4.69, 9.17) is 0 Å². The summed E-state index contributed by atoms with van der Waals surface area (Å²) in [6.45, 7) is 10.1. The quantitative estimate of drug-likeness (QED) is 0.710. The molecule has 7 nitrogen and oxygen atoms in total. The van der Waals surface area contributed by atoms with Crippen LogP contribution in [-0.4, -0.2) is 50.9 Å². The monoisotopic (exact) mass is 363 g/mol. The zero-order valence-electron chi connectivity index (χ0n) is 16.1. The molecule has 3 aromatic rings. The topological polar surface area (TPSA) is 63.0 Å². The van der Waals surface area contributed by atoms with Crippen LogP contribution in [-0.2, 0) is 0 Å². The molecule has 4 rings (SSSR count). The number of aromatic nitrogens is 5. The van der Waals surface area contributed by atoms with Crippen molar-refractivity contribution in [1.29, 1.82) is 0 Å². The lowest BCUT2D eigenvalue weighted by molar-refractivity contribution is 0.586. The van der Waals surface area contributed by atoms with Gasteiger partial charge in [-0.1, -0.05) is 6.07 Å². The average Bonchev–Trinajstić information content (AvgIpc) is 3.11. The van der Waals surface area contributed by atoms with E-state index in [1.807, 2.05) is 31.5 Å². The number of anilines is 2. The smallest absolute Gasteiger partial charge is 0.182 e. The standard InChI is InChI=1S/C20H25N7/c1-15(2)27-16(3)23-24-20(27)18-14-17(7-9-21-18)25-10-12-26(13-11-25)19-6-4-5-8-22-19/h4-9,14-15H,10-13H2,1-3H3. The van der Waals surface area contributed by atoms with Crippen molar-refractivity contribution < 1.29 is 0 Å². The molecule has 0 amide bonds. The molecule has 140 valence electrons. The molecule has 0 unspecified atom stereocenters. The normalized spacial score (nSPS) is 14.8. The van der Waals surface area contributed by atoms with E-state index < -0.39 is 0 Å². The Morgan fingerprint density at radius 2 is 1.67 bits per heavy atom.